The smallest absolute Gasteiger partial charge is 0.250 e. The molecule has 8 N–H and O–H groups in total. The van der Waals surface area contributed by atoms with E-state index in [1.165, 1.54) is 0 Å². The Labute approximate surface area is 143 Å². The first-order valence-corrected chi connectivity index (χ1v) is 7.44. The standard InChI is InChI=1S/C9H9N3O.C9H7N3/c10-7-2-1-6(9(11)13)8-5(7)3-4-12-8;10-5-6-1-2-8(11)7-3-4-12-9(6)7/h1-4,12H,10H2,(H2,11,13);1-4,12H,11H2. The van der Waals surface area contributed by atoms with Gasteiger partial charge in [0.25, 0.3) is 5.91 Å². The van der Waals surface area contributed by atoms with Gasteiger partial charge in [-0.1, -0.05) is 0 Å². The number of nitrogen functional groups attached to an aromatic ring is 2. The molecule has 0 unspecified atom stereocenters. The first kappa shape index (κ1) is 16.0. The number of nitriles is 1. The number of aromatic nitrogens is 2. The molecule has 0 bridgehead atoms. The number of carbonyl (C=O) groups is 1. The number of benzene rings is 2. The van der Waals surface area contributed by atoms with Crippen LogP contribution in [0.15, 0.2) is 48.8 Å². The quantitative estimate of drug-likeness (QED) is 0.340. The fourth-order valence-electron chi connectivity index (χ4n) is 2.66. The lowest BCUT2D eigenvalue weighted by Crippen LogP contribution is -2.11. The van der Waals surface area contributed by atoms with E-state index in [-0.39, 0.29) is 0 Å². The van der Waals surface area contributed by atoms with Crippen molar-refractivity contribution in [1.82, 2.24) is 9.97 Å². The Morgan fingerprint density at radius 2 is 1.44 bits per heavy atom. The van der Waals surface area contributed by atoms with Gasteiger partial charge in [-0.05, 0) is 36.4 Å². The van der Waals surface area contributed by atoms with Gasteiger partial charge < -0.3 is 27.2 Å². The number of nitrogens with one attached hydrogen (secondary N) is 2. The van der Waals surface area contributed by atoms with Gasteiger partial charge >= 0.3 is 0 Å². The molecular formula is C18H16N6O. The van der Waals surface area contributed by atoms with E-state index in [0.29, 0.717) is 28.0 Å². The molecule has 7 nitrogen and oxygen atoms in total. The first-order valence-electron chi connectivity index (χ1n) is 7.44. The number of carbonyl (C=O) groups excluding carboxylic acids is 1. The maximum Gasteiger partial charge on any atom is 0.250 e. The minimum Gasteiger partial charge on any atom is -0.398 e. The number of fused-ring (bicyclic) bond motifs is 2. The van der Waals surface area contributed by atoms with Crippen molar-refractivity contribution in [2.24, 2.45) is 5.73 Å². The molecule has 2 aromatic heterocycles. The van der Waals surface area contributed by atoms with Crippen LogP contribution >= 0.6 is 0 Å². The summed E-state index contributed by atoms with van der Waals surface area (Å²) in [6.45, 7) is 0. The molecule has 124 valence electrons. The molecule has 0 fully saturated rings. The van der Waals surface area contributed by atoms with Crippen molar-refractivity contribution in [3.8, 4) is 6.07 Å². The zero-order valence-electron chi connectivity index (χ0n) is 13.2. The van der Waals surface area contributed by atoms with Crippen LogP contribution in [0.5, 0.6) is 0 Å². The van der Waals surface area contributed by atoms with Crippen LogP contribution in [-0.4, -0.2) is 15.9 Å². The highest BCUT2D eigenvalue weighted by atomic mass is 16.1. The predicted molar refractivity (Wildman–Crippen MR) is 98.7 cm³/mol. The van der Waals surface area contributed by atoms with Gasteiger partial charge in [0, 0.05) is 34.5 Å². The van der Waals surface area contributed by atoms with E-state index in [2.05, 4.69) is 16.0 Å². The summed E-state index contributed by atoms with van der Waals surface area (Å²) < 4.78 is 0. The number of nitrogens with zero attached hydrogens (tertiary/aromatic N) is 1. The minimum absolute atomic E-state index is 0.451. The molecule has 0 saturated heterocycles. The minimum atomic E-state index is -0.451. The van der Waals surface area contributed by atoms with Crippen molar-refractivity contribution < 1.29 is 4.79 Å². The number of aromatic amines is 2. The number of amides is 1. The molecule has 25 heavy (non-hydrogen) atoms. The van der Waals surface area contributed by atoms with E-state index in [0.717, 1.165) is 16.3 Å². The summed E-state index contributed by atoms with van der Waals surface area (Å²) in [7, 11) is 0. The van der Waals surface area contributed by atoms with E-state index >= 15 is 0 Å². The molecular weight excluding hydrogens is 316 g/mol. The second kappa shape index (κ2) is 6.29. The maximum absolute atomic E-state index is 11.0. The van der Waals surface area contributed by atoms with Crippen LogP contribution < -0.4 is 17.2 Å². The summed E-state index contributed by atoms with van der Waals surface area (Å²) >= 11 is 0. The lowest BCUT2D eigenvalue weighted by atomic mass is 10.1. The number of nitrogens with two attached hydrogens (primary N) is 3. The highest BCUT2D eigenvalue weighted by Gasteiger charge is 2.08. The van der Waals surface area contributed by atoms with Crippen molar-refractivity contribution in [1.29, 1.82) is 5.26 Å². The third-order valence-corrected chi connectivity index (χ3v) is 3.90. The number of H-pyrrole nitrogens is 2. The molecule has 2 aromatic carbocycles. The fourth-order valence-corrected chi connectivity index (χ4v) is 2.66. The summed E-state index contributed by atoms with van der Waals surface area (Å²) in [4.78, 5) is 16.9. The fraction of sp³-hybridized carbons (Fsp3) is 0. The van der Waals surface area contributed by atoms with E-state index in [1.54, 1.807) is 36.7 Å². The predicted octanol–water partition coefficient (Wildman–Crippen LogP) is 2.47. The summed E-state index contributed by atoms with van der Waals surface area (Å²) in [5, 5.41) is 10.5. The van der Waals surface area contributed by atoms with E-state index in [1.807, 2.05) is 12.1 Å². The number of rotatable bonds is 1. The molecule has 7 heteroatoms. The molecule has 0 aliphatic rings. The topological polar surface area (TPSA) is 150 Å². The first-order chi connectivity index (χ1) is 12.0. The molecule has 0 aliphatic heterocycles. The summed E-state index contributed by atoms with van der Waals surface area (Å²) in [6.07, 6.45) is 3.51. The maximum atomic E-state index is 11.0. The van der Waals surface area contributed by atoms with Crippen LogP contribution in [0, 0.1) is 11.3 Å². The molecule has 4 rings (SSSR count). The Morgan fingerprint density at radius 3 is 2.04 bits per heavy atom. The van der Waals surface area contributed by atoms with Crippen LogP contribution in [0.2, 0.25) is 0 Å². The highest BCUT2D eigenvalue weighted by Crippen LogP contribution is 2.23. The van der Waals surface area contributed by atoms with Crippen LogP contribution in [0.4, 0.5) is 11.4 Å². The second-order valence-electron chi connectivity index (χ2n) is 5.41. The van der Waals surface area contributed by atoms with Gasteiger partial charge in [-0.25, -0.2) is 0 Å². The van der Waals surface area contributed by atoms with Crippen molar-refractivity contribution >= 4 is 39.1 Å². The Kier molecular flexibility index (Phi) is 4.02. The van der Waals surface area contributed by atoms with Crippen molar-refractivity contribution in [2.75, 3.05) is 11.5 Å². The van der Waals surface area contributed by atoms with Crippen LogP contribution in [0.25, 0.3) is 21.8 Å². The zero-order chi connectivity index (χ0) is 18.0. The summed E-state index contributed by atoms with van der Waals surface area (Å²) in [6, 6.07) is 12.5. The van der Waals surface area contributed by atoms with Gasteiger partial charge in [0.15, 0.2) is 0 Å². The number of hydrogen-bond acceptors (Lipinski definition) is 4. The number of primary amides is 1. The van der Waals surface area contributed by atoms with Crippen LogP contribution in [0.1, 0.15) is 15.9 Å². The van der Waals surface area contributed by atoms with Gasteiger partial charge in [0.05, 0.1) is 22.2 Å². The van der Waals surface area contributed by atoms with Gasteiger partial charge in [0.1, 0.15) is 6.07 Å². The molecule has 1 amide bonds. The molecule has 0 spiro atoms. The molecule has 2 heterocycles. The lowest BCUT2D eigenvalue weighted by Gasteiger charge is -2.00. The van der Waals surface area contributed by atoms with Crippen LogP contribution in [-0.2, 0) is 0 Å². The van der Waals surface area contributed by atoms with Gasteiger partial charge in [-0.15, -0.1) is 0 Å². The monoisotopic (exact) mass is 332 g/mol. The van der Waals surface area contributed by atoms with Crippen molar-refractivity contribution in [3.05, 3.63) is 59.9 Å². The normalized spacial score (nSPS) is 10.2. The molecule has 0 radical (unpaired) electrons. The Morgan fingerprint density at radius 1 is 0.880 bits per heavy atom. The van der Waals surface area contributed by atoms with E-state index in [4.69, 9.17) is 22.5 Å². The molecule has 0 aliphatic carbocycles. The third kappa shape index (κ3) is 2.84. The highest BCUT2D eigenvalue weighted by molar-refractivity contribution is 6.08. The van der Waals surface area contributed by atoms with Gasteiger partial charge in [0.2, 0.25) is 0 Å². The zero-order valence-corrected chi connectivity index (χ0v) is 13.2. The second-order valence-corrected chi connectivity index (χ2v) is 5.41. The van der Waals surface area contributed by atoms with Gasteiger partial charge in [-0.2, -0.15) is 5.26 Å². The van der Waals surface area contributed by atoms with E-state index in [9.17, 15) is 4.79 Å². The van der Waals surface area contributed by atoms with Crippen molar-refractivity contribution in [2.45, 2.75) is 0 Å². The van der Waals surface area contributed by atoms with Crippen LogP contribution in [0.3, 0.4) is 0 Å². The lowest BCUT2D eigenvalue weighted by molar-refractivity contribution is 0.100. The Bertz CT molecular complexity index is 1120. The Hall–Kier alpha value is -3.92. The largest absolute Gasteiger partial charge is 0.398 e. The SMILES string of the molecule is N#Cc1ccc(N)c2cc[nH]c12.NC(=O)c1ccc(N)c2cc[nH]c12. The molecule has 0 saturated carbocycles. The summed E-state index contributed by atoms with van der Waals surface area (Å²) in [5.41, 5.74) is 20.5. The average Bonchev–Trinajstić information content (AvgIpc) is 3.26. The Balaban J connectivity index is 0.000000146. The van der Waals surface area contributed by atoms with E-state index < -0.39 is 5.91 Å². The van der Waals surface area contributed by atoms with Gasteiger partial charge in [-0.3, -0.25) is 4.79 Å². The number of anilines is 2. The average molecular weight is 332 g/mol. The summed E-state index contributed by atoms with van der Waals surface area (Å²) in [5.74, 6) is -0.451. The van der Waals surface area contributed by atoms with Crippen molar-refractivity contribution in [3.63, 3.8) is 0 Å². The molecule has 4 aromatic rings. The third-order valence-electron chi connectivity index (χ3n) is 3.90. The molecule has 0 atom stereocenters. The number of hydrogen-bond donors (Lipinski definition) is 5.